The van der Waals surface area contributed by atoms with Crippen molar-refractivity contribution < 1.29 is 9.59 Å². The molecule has 0 spiro atoms. The lowest BCUT2D eigenvalue weighted by atomic mass is 10.1. The zero-order chi connectivity index (χ0) is 13.2. The molecule has 0 radical (unpaired) electrons. The second kappa shape index (κ2) is 8.41. The number of nitrogens with zero attached hydrogens (tertiary/aromatic N) is 2. The number of amides is 1. The summed E-state index contributed by atoms with van der Waals surface area (Å²) >= 11 is 0. The average molecular weight is 252 g/mol. The van der Waals surface area contributed by atoms with Gasteiger partial charge in [0, 0.05) is 32.4 Å². The van der Waals surface area contributed by atoms with Crippen molar-refractivity contribution in [3.05, 3.63) is 18.7 Å². The van der Waals surface area contributed by atoms with E-state index in [1.165, 1.54) is 0 Å². The molecule has 0 bridgehead atoms. The molecular weight excluding hydrogens is 232 g/mol. The molecule has 6 nitrogen and oxygen atoms in total. The zero-order valence-corrected chi connectivity index (χ0v) is 10.6. The van der Waals surface area contributed by atoms with Crippen LogP contribution in [0.5, 0.6) is 0 Å². The molecule has 18 heavy (non-hydrogen) atoms. The predicted octanol–water partition coefficient (Wildman–Crippen LogP) is -0.0435. The number of hydrogen-bond donors (Lipinski definition) is 2. The van der Waals surface area contributed by atoms with E-state index in [1.807, 2.05) is 10.8 Å². The van der Waals surface area contributed by atoms with Crippen molar-refractivity contribution in [1.29, 1.82) is 0 Å². The number of aromatic nitrogens is 2. The number of rotatable bonds is 9. The Labute approximate surface area is 107 Å². The lowest BCUT2D eigenvalue weighted by Gasteiger charge is -2.16. The fraction of sp³-hybridized carbons (Fsp3) is 0.583. The summed E-state index contributed by atoms with van der Waals surface area (Å²) in [5, 5.41) is 5.76. The minimum atomic E-state index is -0.289. The SMILES string of the molecule is CNC(=O)C(CCC=O)NCCCn1ccnc1. The average Bonchev–Trinajstić information content (AvgIpc) is 2.90. The van der Waals surface area contributed by atoms with Crippen LogP contribution >= 0.6 is 0 Å². The van der Waals surface area contributed by atoms with Gasteiger partial charge in [-0.3, -0.25) is 4.79 Å². The summed E-state index contributed by atoms with van der Waals surface area (Å²) in [6.45, 7) is 1.59. The van der Waals surface area contributed by atoms with Crippen LogP contribution in [0.15, 0.2) is 18.7 Å². The van der Waals surface area contributed by atoms with Gasteiger partial charge in [0.25, 0.3) is 0 Å². The third kappa shape index (κ3) is 5.09. The Bertz CT molecular complexity index is 351. The van der Waals surface area contributed by atoms with E-state index in [-0.39, 0.29) is 11.9 Å². The van der Waals surface area contributed by atoms with Crippen LogP contribution in [0.4, 0.5) is 0 Å². The van der Waals surface area contributed by atoms with Crippen molar-refractivity contribution in [1.82, 2.24) is 20.2 Å². The van der Waals surface area contributed by atoms with Gasteiger partial charge in [-0.05, 0) is 19.4 Å². The topological polar surface area (TPSA) is 76.0 Å². The summed E-state index contributed by atoms with van der Waals surface area (Å²) in [4.78, 5) is 25.8. The first kappa shape index (κ1) is 14.4. The van der Waals surface area contributed by atoms with E-state index in [9.17, 15) is 9.59 Å². The minimum Gasteiger partial charge on any atom is -0.358 e. The Hall–Kier alpha value is -1.69. The summed E-state index contributed by atoms with van der Waals surface area (Å²) in [7, 11) is 1.60. The summed E-state index contributed by atoms with van der Waals surface area (Å²) in [6.07, 6.45) is 8.09. The van der Waals surface area contributed by atoms with E-state index >= 15 is 0 Å². The van der Waals surface area contributed by atoms with Gasteiger partial charge in [-0.1, -0.05) is 0 Å². The molecule has 0 aliphatic heterocycles. The monoisotopic (exact) mass is 252 g/mol. The molecule has 1 aromatic rings. The highest BCUT2D eigenvalue weighted by molar-refractivity contribution is 5.81. The van der Waals surface area contributed by atoms with Gasteiger partial charge in [-0.15, -0.1) is 0 Å². The van der Waals surface area contributed by atoms with Gasteiger partial charge in [0.05, 0.1) is 12.4 Å². The van der Waals surface area contributed by atoms with Crippen LogP contribution in [0.25, 0.3) is 0 Å². The molecule has 1 atom stereocenters. The maximum absolute atomic E-state index is 11.5. The molecule has 1 aromatic heterocycles. The van der Waals surface area contributed by atoms with E-state index in [4.69, 9.17) is 0 Å². The van der Waals surface area contributed by atoms with Crippen LogP contribution in [-0.4, -0.2) is 41.4 Å². The Kier molecular flexibility index (Phi) is 6.71. The first-order valence-corrected chi connectivity index (χ1v) is 6.12. The first-order chi connectivity index (χ1) is 8.77. The zero-order valence-electron chi connectivity index (χ0n) is 10.6. The molecule has 0 fully saturated rings. The van der Waals surface area contributed by atoms with E-state index in [0.29, 0.717) is 12.8 Å². The van der Waals surface area contributed by atoms with Crippen LogP contribution in [0, 0.1) is 0 Å². The maximum Gasteiger partial charge on any atom is 0.236 e. The molecule has 2 N–H and O–H groups in total. The van der Waals surface area contributed by atoms with Crippen molar-refractivity contribution in [3.8, 4) is 0 Å². The van der Waals surface area contributed by atoms with Gasteiger partial charge >= 0.3 is 0 Å². The summed E-state index contributed by atoms with van der Waals surface area (Å²) in [5.41, 5.74) is 0. The fourth-order valence-corrected chi connectivity index (χ4v) is 1.69. The van der Waals surface area contributed by atoms with Crippen molar-refractivity contribution in [3.63, 3.8) is 0 Å². The summed E-state index contributed by atoms with van der Waals surface area (Å²) in [6, 6.07) is -0.289. The number of hydrogen-bond acceptors (Lipinski definition) is 4. The Morgan fingerprint density at radius 1 is 1.56 bits per heavy atom. The first-order valence-electron chi connectivity index (χ1n) is 6.12. The third-order valence-electron chi connectivity index (χ3n) is 2.68. The normalized spacial score (nSPS) is 12.1. The third-order valence-corrected chi connectivity index (χ3v) is 2.68. The molecule has 0 aromatic carbocycles. The Balaban J connectivity index is 2.23. The summed E-state index contributed by atoms with van der Waals surface area (Å²) < 4.78 is 1.99. The van der Waals surface area contributed by atoms with Crippen molar-refractivity contribution in [2.24, 2.45) is 0 Å². The molecule has 1 rings (SSSR count). The smallest absolute Gasteiger partial charge is 0.236 e. The maximum atomic E-state index is 11.5. The molecular formula is C12H20N4O2. The number of carbonyl (C=O) groups is 2. The standard InChI is InChI=1S/C12H20N4O2/c1-13-12(18)11(4-2-9-17)15-5-3-7-16-8-6-14-10-16/h6,8-11,15H,2-5,7H2,1H3,(H,13,18). The molecule has 100 valence electrons. The molecule has 0 aliphatic rings. The largest absolute Gasteiger partial charge is 0.358 e. The number of carbonyl (C=O) groups excluding carboxylic acids is 2. The van der Waals surface area contributed by atoms with Gasteiger partial charge in [0.1, 0.15) is 6.29 Å². The lowest BCUT2D eigenvalue weighted by molar-refractivity contribution is -0.122. The Morgan fingerprint density at radius 3 is 3.00 bits per heavy atom. The lowest BCUT2D eigenvalue weighted by Crippen LogP contribution is -2.43. The van der Waals surface area contributed by atoms with Gasteiger partial charge in [0.15, 0.2) is 0 Å². The highest BCUT2D eigenvalue weighted by Gasteiger charge is 2.15. The van der Waals surface area contributed by atoms with Gasteiger partial charge in [-0.25, -0.2) is 4.98 Å². The molecule has 1 heterocycles. The molecule has 0 saturated heterocycles. The quantitative estimate of drug-likeness (QED) is 0.477. The Morgan fingerprint density at radius 2 is 2.39 bits per heavy atom. The second-order valence-electron chi connectivity index (χ2n) is 4.02. The molecule has 0 aliphatic carbocycles. The summed E-state index contributed by atoms with van der Waals surface area (Å²) in [5.74, 6) is -0.0699. The van der Waals surface area contributed by atoms with Crippen molar-refractivity contribution in [2.75, 3.05) is 13.6 Å². The predicted molar refractivity (Wildman–Crippen MR) is 68.0 cm³/mol. The molecule has 0 saturated carbocycles. The highest BCUT2D eigenvalue weighted by atomic mass is 16.2. The van der Waals surface area contributed by atoms with E-state index in [0.717, 1.165) is 25.8 Å². The second-order valence-corrected chi connectivity index (χ2v) is 4.02. The van der Waals surface area contributed by atoms with E-state index in [1.54, 1.807) is 19.6 Å². The van der Waals surface area contributed by atoms with Crippen LogP contribution in [-0.2, 0) is 16.1 Å². The van der Waals surface area contributed by atoms with Crippen LogP contribution in [0.3, 0.4) is 0 Å². The van der Waals surface area contributed by atoms with E-state index in [2.05, 4.69) is 15.6 Å². The molecule has 1 unspecified atom stereocenters. The van der Waals surface area contributed by atoms with Crippen LogP contribution in [0.2, 0.25) is 0 Å². The number of aldehydes is 1. The fourth-order valence-electron chi connectivity index (χ4n) is 1.69. The van der Waals surface area contributed by atoms with Crippen molar-refractivity contribution >= 4 is 12.2 Å². The number of aryl methyl sites for hydroxylation is 1. The van der Waals surface area contributed by atoms with Gasteiger partial charge in [0.2, 0.25) is 5.91 Å². The number of nitrogens with one attached hydrogen (secondary N) is 2. The highest BCUT2D eigenvalue weighted by Crippen LogP contribution is 1.97. The van der Waals surface area contributed by atoms with Crippen LogP contribution in [0.1, 0.15) is 19.3 Å². The van der Waals surface area contributed by atoms with Crippen LogP contribution < -0.4 is 10.6 Å². The minimum absolute atomic E-state index is 0.0699. The molecule has 1 amide bonds. The van der Waals surface area contributed by atoms with Gasteiger partial charge in [-0.2, -0.15) is 0 Å². The van der Waals surface area contributed by atoms with Gasteiger partial charge < -0.3 is 20.0 Å². The molecule has 6 heteroatoms. The van der Waals surface area contributed by atoms with Crippen molar-refractivity contribution in [2.45, 2.75) is 31.8 Å². The number of likely N-dealkylation sites (N-methyl/N-ethyl adjacent to an activating group) is 1. The van der Waals surface area contributed by atoms with E-state index < -0.39 is 0 Å². The number of imidazole rings is 1.